The third-order valence-corrected chi connectivity index (χ3v) is 7.37. The van der Waals surface area contributed by atoms with Gasteiger partial charge in [0.1, 0.15) is 11.9 Å². The Bertz CT molecular complexity index is 1380. The quantitative estimate of drug-likeness (QED) is 0.554. The SMILES string of the molecule is CC1C=C(C2c3cc4c(cc3N(Cc3cc5[nH]cnc5cc3F)C2C(=O)O)CCC4)C(=O)NC1. The molecule has 0 radical (unpaired) electrons. The van der Waals surface area contributed by atoms with Crippen molar-refractivity contribution in [1.82, 2.24) is 15.3 Å². The number of nitrogens with zero attached hydrogens (tertiary/aromatic N) is 2. The summed E-state index contributed by atoms with van der Waals surface area (Å²) in [5.74, 6) is -2.21. The number of nitrogens with one attached hydrogen (secondary N) is 2. The van der Waals surface area contributed by atoms with Gasteiger partial charge in [-0.25, -0.2) is 14.2 Å². The monoisotopic (exact) mass is 460 g/mol. The van der Waals surface area contributed by atoms with Gasteiger partial charge in [0.15, 0.2) is 0 Å². The van der Waals surface area contributed by atoms with E-state index in [1.54, 1.807) is 11.0 Å². The first-order valence-corrected chi connectivity index (χ1v) is 11.7. The van der Waals surface area contributed by atoms with Gasteiger partial charge < -0.3 is 20.3 Å². The number of aryl methyl sites for hydroxylation is 2. The number of carboxylic acid groups (broad SMARTS) is 1. The molecule has 6 rings (SSSR count). The van der Waals surface area contributed by atoms with E-state index >= 15 is 4.39 Å². The summed E-state index contributed by atoms with van der Waals surface area (Å²) in [5, 5.41) is 13.3. The van der Waals surface area contributed by atoms with Crippen LogP contribution in [0.5, 0.6) is 0 Å². The second kappa shape index (κ2) is 7.68. The molecule has 3 heterocycles. The zero-order valence-electron chi connectivity index (χ0n) is 18.8. The molecule has 3 unspecified atom stereocenters. The van der Waals surface area contributed by atoms with Gasteiger partial charge in [-0.1, -0.05) is 19.1 Å². The van der Waals surface area contributed by atoms with Gasteiger partial charge in [0.2, 0.25) is 5.91 Å². The fourth-order valence-electron chi connectivity index (χ4n) is 5.77. The molecule has 8 heteroatoms. The fourth-order valence-corrected chi connectivity index (χ4v) is 5.77. The molecular formula is C26H25FN4O3. The van der Waals surface area contributed by atoms with Crippen LogP contribution in [0.3, 0.4) is 0 Å². The molecule has 0 spiro atoms. The standard InChI is InChI=1S/C26H25FN4O3/c1-13-5-18(25(32)28-10-13)23-17-6-14-3-2-4-15(14)8-22(17)31(24(23)26(33)34)11-16-7-20-21(9-19(16)27)30-12-29-20/h5-9,12-13,23-24H,2-4,10-11H2,1H3,(H,28,32)(H,29,30)(H,33,34). The van der Waals surface area contributed by atoms with Gasteiger partial charge in [-0.15, -0.1) is 0 Å². The highest BCUT2D eigenvalue weighted by Crippen LogP contribution is 2.48. The Balaban J connectivity index is 1.51. The normalized spacial score (nSPS) is 23.6. The largest absolute Gasteiger partial charge is 0.480 e. The Kier molecular flexibility index (Phi) is 4.72. The van der Waals surface area contributed by atoms with Gasteiger partial charge in [-0.05, 0) is 54.0 Å². The molecule has 1 amide bonds. The Morgan fingerprint density at radius 2 is 2.03 bits per heavy atom. The van der Waals surface area contributed by atoms with Crippen molar-refractivity contribution in [2.45, 2.75) is 44.7 Å². The lowest BCUT2D eigenvalue weighted by atomic mass is 9.83. The molecule has 1 aromatic heterocycles. The van der Waals surface area contributed by atoms with Crippen molar-refractivity contribution in [3.63, 3.8) is 0 Å². The molecule has 2 aliphatic heterocycles. The summed E-state index contributed by atoms with van der Waals surface area (Å²) < 4.78 is 15.0. The number of fused-ring (bicyclic) bond motifs is 3. The van der Waals surface area contributed by atoms with E-state index < -0.39 is 23.7 Å². The van der Waals surface area contributed by atoms with Crippen LogP contribution in [0.1, 0.15) is 41.5 Å². The van der Waals surface area contributed by atoms with Crippen LogP contribution in [-0.2, 0) is 29.0 Å². The number of aromatic amines is 1. The number of anilines is 1. The topological polar surface area (TPSA) is 98.3 Å². The number of amides is 1. The first-order valence-electron chi connectivity index (χ1n) is 11.7. The van der Waals surface area contributed by atoms with E-state index in [1.807, 2.05) is 13.0 Å². The Hall–Kier alpha value is -3.68. The number of carbonyl (C=O) groups excluding carboxylic acids is 1. The van der Waals surface area contributed by atoms with E-state index in [2.05, 4.69) is 27.4 Å². The highest BCUT2D eigenvalue weighted by Gasteiger charge is 2.47. The van der Waals surface area contributed by atoms with E-state index in [9.17, 15) is 14.7 Å². The zero-order valence-corrected chi connectivity index (χ0v) is 18.8. The molecule has 3 atom stereocenters. The molecule has 0 fully saturated rings. The number of imidazole rings is 1. The second-order valence-corrected chi connectivity index (χ2v) is 9.59. The number of halogens is 1. The van der Waals surface area contributed by atoms with E-state index in [0.29, 0.717) is 28.7 Å². The number of carbonyl (C=O) groups is 2. The van der Waals surface area contributed by atoms with E-state index in [-0.39, 0.29) is 18.4 Å². The molecule has 174 valence electrons. The molecule has 7 nitrogen and oxygen atoms in total. The summed E-state index contributed by atoms with van der Waals surface area (Å²) in [5.41, 5.74) is 6.10. The minimum atomic E-state index is -1.03. The third kappa shape index (κ3) is 3.20. The molecule has 2 aromatic carbocycles. The zero-order chi connectivity index (χ0) is 23.6. The van der Waals surface area contributed by atoms with Crippen molar-refractivity contribution in [2.24, 2.45) is 5.92 Å². The highest BCUT2D eigenvalue weighted by molar-refractivity contribution is 5.99. The van der Waals surface area contributed by atoms with Crippen molar-refractivity contribution >= 4 is 28.6 Å². The van der Waals surface area contributed by atoms with Crippen molar-refractivity contribution in [3.05, 3.63) is 70.3 Å². The van der Waals surface area contributed by atoms with Gasteiger partial charge in [0.25, 0.3) is 0 Å². The lowest BCUT2D eigenvalue weighted by molar-refractivity contribution is -0.138. The number of aliphatic carboxylic acids is 1. The first-order chi connectivity index (χ1) is 16.4. The molecule has 3 aromatic rings. The number of aromatic nitrogens is 2. The lowest BCUT2D eigenvalue weighted by Crippen LogP contribution is -2.44. The smallest absolute Gasteiger partial charge is 0.327 e. The fraction of sp³-hybridized carbons (Fsp3) is 0.346. The van der Waals surface area contributed by atoms with Gasteiger partial charge in [0, 0.05) is 41.9 Å². The van der Waals surface area contributed by atoms with Crippen LogP contribution in [0.4, 0.5) is 10.1 Å². The van der Waals surface area contributed by atoms with E-state index in [1.165, 1.54) is 23.5 Å². The number of benzene rings is 2. The summed E-state index contributed by atoms with van der Waals surface area (Å²) >= 11 is 0. The predicted octanol–water partition coefficient (Wildman–Crippen LogP) is 3.44. The molecular weight excluding hydrogens is 435 g/mol. The minimum absolute atomic E-state index is 0.0739. The second-order valence-electron chi connectivity index (χ2n) is 9.59. The molecule has 0 saturated carbocycles. The summed E-state index contributed by atoms with van der Waals surface area (Å²) in [6.07, 6.45) is 6.34. The predicted molar refractivity (Wildman–Crippen MR) is 125 cm³/mol. The minimum Gasteiger partial charge on any atom is -0.480 e. The maximum atomic E-state index is 15.0. The maximum Gasteiger partial charge on any atom is 0.327 e. The van der Waals surface area contributed by atoms with Gasteiger partial charge in [0.05, 0.1) is 17.4 Å². The van der Waals surface area contributed by atoms with Crippen LogP contribution in [0.15, 0.2) is 42.2 Å². The summed E-state index contributed by atoms with van der Waals surface area (Å²) in [6.45, 7) is 2.61. The van der Waals surface area contributed by atoms with Gasteiger partial charge >= 0.3 is 5.97 Å². The van der Waals surface area contributed by atoms with E-state index in [4.69, 9.17) is 0 Å². The molecule has 1 aliphatic carbocycles. The van der Waals surface area contributed by atoms with Crippen LogP contribution >= 0.6 is 0 Å². The number of H-pyrrole nitrogens is 1. The van der Waals surface area contributed by atoms with E-state index in [0.717, 1.165) is 30.5 Å². The molecule has 3 N–H and O–H groups in total. The third-order valence-electron chi connectivity index (χ3n) is 7.37. The number of hydrogen-bond donors (Lipinski definition) is 3. The Labute approximate surface area is 195 Å². The lowest BCUT2D eigenvalue weighted by Gasteiger charge is -2.30. The number of hydrogen-bond acceptors (Lipinski definition) is 4. The number of carboxylic acids is 1. The summed E-state index contributed by atoms with van der Waals surface area (Å²) in [4.78, 5) is 34.5. The Morgan fingerprint density at radius 1 is 1.24 bits per heavy atom. The van der Waals surface area contributed by atoms with Crippen LogP contribution < -0.4 is 10.2 Å². The van der Waals surface area contributed by atoms with Crippen molar-refractivity contribution < 1.29 is 19.1 Å². The maximum absolute atomic E-state index is 15.0. The molecule has 34 heavy (non-hydrogen) atoms. The van der Waals surface area contributed by atoms with Gasteiger partial charge in [-0.3, -0.25) is 4.79 Å². The number of rotatable bonds is 4. The van der Waals surface area contributed by atoms with Crippen molar-refractivity contribution in [1.29, 1.82) is 0 Å². The molecule has 0 saturated heterocycles. The van der Waals surface area contributed by atoms with Crippen LogP contribution in [0.2, 0.25) is 0 Å². The van der Waals surface area contributed by atoms with Crippen LogP contribution in [0, 0.1) is 11.7 Å². The molecule has 0 bridgehead atoms. The summed E-state index contributed by atoms with van der Waals surface area (Å²) in [6, 6.07) is 6.18. The summed E-state index contributed by atoms with van der Waals surface area (Å²) in [7, 11) is 0. The van der Waals surface area contributed by atoms with Crippen LogP contribution in [-0.4, -0.2) is 39.5 Å². The first kappa shape index (κ1) is 20.9. The average molecular weight is 461 g/mol. The van der Waals surface area contributed by atoms with Crippen LogP contribution in [0.25, 0.3) is 11.0 Å². The van der Waals surface area contributed by atoms with Crippen molar-refractivity contribution in [3.8, 4) is 0 Å². The average Bonchev–Trinajstić information content (AvgIpc) is 3.51. The highest BCUT2D eigenvalue weighted by atomic mass is 19.1. The Morgan fingerprint density at radius 3 is 2.82 bits per heavy atom. The molecule has 3 aliphatic rings. The van der Waals surface area contributed by atoms with Crippen molar-refractivity contribution in [2.75, 3.05) is 11.4 Å². The van der Waals surface area contributed by atoms with Gasteiger partial charge in [-0.2, -0.15) is 0 Å².